The molecule has 0 atom stereocenters. The maximum Gasteiger partial charge on any atom is 0.243 e. The van der Waals surface area contributed by atoms with Crippen molar-refractivity contribution in [2.75, 3.05) is 32.0 Å². The predicted molar refractivity (Wildman–Crippen MR) is 85.9 cm³/mol. The fourth-order valence-electron chi connectivity index (χ4n) is 2.56. The molecule has 22 heavy (non-hydrogen) atoms. The predicted octanol–water partition coefficient (Wildman–Crippen LogP) is 1.96. The van der Waals surface area contributed by atoms with Gasteiger partial charge in [-0.25, -0.2) is 8.42 Å². The van der Waals surface area contributed by atoms with Crippen molar-refractivity contribution < 1.29 is 13.2 Å². The fourth-order valence-corrected chi connectivity index (χ4v) is 4.18. The number of rotatable bonds is 3. The molecule has 2 N–H and O–H groups in total. The van der Waals surface area contributed by atoms with Gasteiger partial charge in [0.1, 0.15) is 0 Å². The summed E-state index contributed by atoms with van der Waals surface area (Å²) in [6.07, 6.45) is 0. The van der Waals surface area contributed by atoms with Crippen molar-refractivity contribution in [2.24, 2.45) is 0 Å². The zero-order valence-corrected chi connectivity index (χ0v) is 12.9. The smallest absolute Gasteiger partial charge is 0.243 e. The lowest BCUT2D eigenvalue weighted by Gasteiger charge is -2.27. The van der Waals surface area contributed by atoms with E-state index >= 15 is 0 Å². The van der Waals surface area contributed by atoms with Crippen LogP contribution in [0.3, 0.4) is 0 Å². The summed E-state index contributed by atoms with van der Waals surface area (Å²) in [7, 11) is -3.54. The van der Waals surface area contributed by atoms with Crippen LogP contribution in [0.1, 0.15) is 0 Å². The van der Waals surface area contributed by atoms with Crippen molar-refractivity contribution in [1.82, 2.24) is 4.31 Å². The second-order valence-electron chi connectivity index (χ2n) is 5.14. The van der Waals surface area contributed by atoms with Gasteiger partial charge in [-0.1, -0.05) is 30.3 Å². The molecule has 0 bridgehead atoms. The summed E-state index contributed by atoms with van der Waals surface area (Å²) in [5, 5.41) is 0. The van der Waals surface area contributed by atoms with Gasteiger partial charge in [0, 0.05) is 24.3 Å². The minimum Gasteiger partial charge on any atom is -0.399 e. The zero-order valence-electron chi connectivity index (χ0n) is 12.1. The highest BCUT2D eigenvalue weighted by Gasteiger charge is 2.28. The molecule has 5 nitrogen and oxygen atoms in total. The minimum absolute atomic E-state index is 0.308. The number of morpholine rings is 1. The van der Waals surface area contributed by atoms with E-state index in [0.29, 0.717) is 42.4 Å². The number of benzene rings is 2. The number of nitrogens with zero attached hydrogens (tertiary/aromatic N) is 1. The van der Waals surface area contributed by atoms with Crippen LogP contribution in [0.2, 0.25) is 0 Å². The number of hydrogen-bond acceptors (Lipinski definition) is 4. The highest BCUT2D eigenvalue weighted by atomic mass is 32.2. The Bertz CT molecular complexity index is 768. The van der Waals surface area contributed by atoms with Crippen LogP contribution >= 0.6 is 0 Å². The van der Waals surface area contributed by atoms with E-state index < -0.39 is 10.0 Å². The Morgan fingerprint density at radius 1 is 1.00 bits per heavy atom. The van der Waals surface area contributed by atoms with Crippen LogP contribution in [0.15, 0.2) is 53.4 Å². The molecule has 116 valence electrons. The average molecular weight is 318 g/mol. The molecule has 0 unspecified atom stereocenters. The Kier molecular flexibility index (Phi) is 4.15. The molecule has 1 aliphatic rings. The highest BCUT2D eigenvalue weighted by Crippen LogP contribution is 2.30. The summed E-state index contributed by atoms with van der Waals surface area (Å²) in [5.41, 5.74) is 7.90. The summed E-state index contributed by atoms with van der Waals surface area (Å²) < 4.78 is 32.5. The zero-order chi connectivity index (χ0) is 15.6. The molecule has 3 rings (SSSR count). The summed E-state index contributed by atoms with van der Waals surface area (Å²) in [6.45, 7) is 1.63. The summed E-state index contributed by atoms with van der Waals surface area (Å²) in [6, 6.07) is 14.3. The lowest BCUT2D eigenvalue weighted by molar-refractivity contribution is 0.0730. The number of sulfonamides is 1. The Labute approximate surface area is 130 Å². The highest BCUT2D eigenvalue weighted by molar-refractivity contribution is 7.89. The quantitative estimate of drug-likeness (QED) is 0.878. The molecule has 0 amide bonds. The Hall–Kier alpha value is -1.89. The van der Waals surface area contributed by atoms with E-state index in [1.54, 1.807) is 24.3 Å². The number of nitrogen functional groups attached to an aromatic ring is 1. The maximum atomic E-state index is 12.9. The van der Waals surface area contributed by atoms with Crippen LogP contribution < -0.4 is 5.73 Å². The number of nitrogens with two attached hydrogens (primary N) is 1. The largest absolute Gasteiger partial charge is 0.399 e. The lowest BCUT2D eigenvalue weighted by Crippen LogP contribution is -2.40. The van der Waals surface area contributed by atoms with Crippen molar-refractivity contribution in [3.05, 3.63) is 48.5 Å². The first-order valence-corrected chi connectivity index (χ1v) is 8.56. The van der Waals surface area contributed by atoms with E-state index in [4.69, 9.17) is 10.5 Å². The van der Waals surface area contributed by atoms with Gasteiger partial charge in [-0.3, -0.25) is 0 Å². The minimum atomic E-state index is -3.54. The van der Waals surface area contributed by atoms with E-state index in [-0.39, 0.29) is 0 Å². The molecule has 0 saturated carbocycles. The number of ether oxygens (including phenoxy) is 1. The molecule has 1 heterocycles. The SMILES string of the molecule is Nc1cccc(-c2ccccc2S(=O)(=O)N2CCOCC2)c1. The Balaban J connectivity index is 2.08. The van der Waals surface area contributed by atoms with Gasteiger partial charge in [0.25, 0.3) is 0 Å². The maximum absolute atomic E-state index is 12.9. The monoisotopic (exact) mass is 318 g/mol. The van der Waals surface area contributed by atoms with E-state index in [2.05, 4.69) is 0 Å². The van der Waals surface area contributed by atoms with Crippen molar-refractivity contribution >= 4 is 15.7 Å². The van der Waals surface area contributed by atoms with Gasteiger partial charge in [0.15, 0.2) is 0 Å². The van der Waals surface area contributed by atoms with Gasteiger partial charge in [-0.2, -0.15) is 4.31 Å². The molecule has 6 heteroatoms. The average Bonchev–Trinajstić information content (AvgIpc) is 2.56. The first-order chi connectivity index (χ1) is 10.6. The van der Waals surface area contributed by atoms with Gasteiger partial charge in [-0.05, 0) is 23.8 Å². The molecule has 0 spiro atoms. The van der Waals surface area contributed by atoms with Crippen LogP contribution in [-0.4, -0.2) is 39.0 Å². The molecule has 2 aromatic carbocycles. The van der Waals surface area contributed by atoms with E-state index in [9.17, 15) is 8.42 Å². The molecule has 1 saturated heterocycles. The standard InChI is InChI=1S/C16H18N2O3S/c17-14-5-3-4-13(12-14)15-6-1-2-7-16(15)22(19,20)18-8-10-21-11-9-18/h1-7,12H,8-11,17H2. The molecule has 1 fully saturated rings. The van der Waals surface area contributed by atoms with Crippen LogP contribution in [0.5, 0.6) is 0 Å². The third-order valence-corrected chi connectivity index (χ3v) is 5.63. The van der Waals surface area contributed by atoms with Gasteiger partial charge >= 0.3 is 0 Å². The van der Waals surface area contributed by atoms with E-state index in [0.717, 1.165) is 5.56 Å². The molecule has 2 aromatic rings. The first kappa shape index (κ1) is 15.0. The van der Waals surface area contributed by atoms with Crippen molar-refractivity contribution in [3.63, 3.8) is 0 Å². The lowest BCUT2D eigenvalue weighted by atomic mass is 10.1. The second kappa shape index (κ2) is 6.08. The van der Waals surface area contributed by atoms with Gasteiger partial charge < -0.3 is 10.5 Å². The second-order valence-corrected chi connectivity index (χ2v) is 7.04. The number of anilines is 1. The Morgan fingerprint density at radius 2 is 1.73 bits per heavy atom. The topological polar surface area (TPSA) is 72.6 Å². The summed E-state index contributed by atoms with van der Waals surface area (Å²) in [4.78, 5) is 0.308. The normalized spacial score (nSPS) is 16.5. The van der Waals surface area contributed by atoms with Crippen LogP contribution in [0, 0.1) is 0 Å². The first-order valence-electron chi connectivity index (χ1n) is 7.12. The third kappa shape index (κ3) is 2.85. The van der Waals surface area contributed by atoms with Crippen LogP contribution in [-0.2, 0) is 14.8 Å². The van der Waals surface area contributed by atoms with Crippen LogP contribution in [0.25, 0.3) is 11.1 Å². The van der Waals surface area contributed by atoms with E-state index in [1.165, 1.54) is 4.31 Å². The fraction of sp³-hybridized carbons (Fsp3) is 0.250. The van der Waals surface area contributed by atoms with Crippen LogP contribution in [0.4, 0.5) is 5.69 Å². The molecule has 0 aromatic heterocycles. The van der Waals surface area contributed by atoms with Gasteiger partial charge in [-0.15, -0.1) is 0 Å². The Morgan fingerprint density at radius 3 is 2.45 bits per heavy atom. The third-order valence-electron chi connectivity index (χ3n) is 3.67. The summed E-state index contributed by atoms with van der Waals surface area (Å²) >= 11 is 0. The van der Waals surface area contributed by atoms with Crippen molar-refractivity contribution in [3.8, 4) is 11.1 Å². The van der Waals surface area contributed by atoms with Crippen molar-refractivity contribution in [1.29, 1.82) is 0 Å². The molecular formula is C16H18N2O3S. The van der Waals surface area contributed by atoms with Crippen molar-refractivity contribution in [2.45, 2.75) is 4.90 Å². The molecular weight excluding hydrogens is 300 g/mol. The van der Waals surface area contributed by atoms with Gasteiger partial charge in [0.05, 0.1) is 18.1 Å². The molecule has 0 aliphatic carbocycles. The molecule has 0 radical (unpaired) electrons. The van der Waals surface area contributed by atoms with E-state index in [1.807, 2.05) is 24.3 Å². The van der Waals surface area contributed by atoms with Gasteiger partial charge in [0.2, 0.25) is 10.0 Å². The number of hydrogen-bond donors (Lipinski definition) is 1. The summed E-state index contributed by atoms with van der Waals surface area (Å²) in [5.74, 6) is 0. The molecule has 1 aliphatic heterocycles.